The Morgan fingerprint density at radius 2 is 1.87 bits per heavy atom. The lowest BCUT2D eigenvalue weighted by Crippen LogP contribution is -2.31. The smallest absolute Gasteiger partial charge is 0.307 e. The van der Waals surface area contributed by atoms with Crippen LogP contribution in [-0.4, -0.2) is 16.9 Å². The molecule has 1 aliphatic carbocycles. The average Bonchev–Trinajstić information content (AvgIpc) is 2.16. The Balaban J connectivity index is 2.73. The molecule has 15 heavy (non-hydrogen) atoms. The Hall–Kier alpha value is -1.38. The largest absolute Gasteiger partial charge is 0.481 e. The highest BCUT2D eigenvalue weighted by Crippen LogP contribution is 2.28. The van der Waals surface area contributed by atoms with Crippen LogP contribution >= 0.6 is 0 Å². The van der Waals surface area contributed by atoms with Crippen molar-refractivity contribution in [3.05, 3.63) is 24.3 Å². The molecule has 0 unspecified atom stereocenters. The van der Waals surface area contributed by atoms with Crippen LogP contribution in [0.3, 0.4) is 0 Å². The summed E-state index contributed by atoms with van der Waals surface area (Å²) in [6.07, 6.45) is 5.02. The maximum Gasteiger partial charge on any atom is 0.307 e. The van der Waals surface area contributed by atoms with E-state index < -0.39 is 11.9 Å². The molecule has 0 saturated carbocycles. The summed E-state index contributed by atoms with van der Waals surface area (Å²) in [5, 5.41) is 8.98. The van der Waals surface area contributed by atoms with Crippen molar-refractivity contribution in [3.63, 3.8) is 0 Å². The fourth-order valence-corrected chi connectivity index (χ4v) is 1.87. The molecule has 0 heterocycles. The average molecular weight is 208 g/mol. The summed E-state index contributed by atoms with van der Waals surface area (Å²) >= 11 is 0. The molecule has 1 rings (SSSR count). The van der Waals surface area contributed by atoms with Gasteiger partial charge >= 0.3 is 5.97 Å². The number of Topliss-reactive ketones (excluding diaryl/α,β-unsaturated/α-hetero) is 1. The molecule has 0 amide bonds. The Morgan fingerprint density at radius 1 is 1.33 bits per heavy atom. The van der Waals surface area contributed by atoms with Gasteiger partial charge in [0.25, 0.3) is 0 Å². The highest BCUT2D eigenvalue weighted by atomic mass is 16.4. The van der Waals surface area contributed by atoms with Crippen LogP contribution in [0, 0.1) is 11.8 Å². The molecule has 0 aromatic carbocycles. The van der Waals surface area contributed by atoms with E-state index in [0.717, 1.165) is 5.57 Å². The molecule has 0 saturated heterocycles. The Morgan fingerprint density at radius 3 is 2.33 bits per heavy atom. The fourth-order valence-electron chi connectivity index (χ4n) is 1.87. The first-order chi connectivity index (χ1) is 7.02. The maximum absolute atomic E-state index is 11.8. The molecule has 0 aromatic rings. The van der Waals surface area contributed by atoms with Gasteiger partial charge in [0.2, 0.25) is 0 Å². The summed E-state index contributed by atoms with van der Waals surface area (Å²) in [6.45, 7) is 5.46. The summed E-state index contributed by atoms with van der Waals surface area (Å²) in [7, 11) is 0. The van der Waals surface area contributed by atoms with E-state index in [1.807, 2.05) is 12.2 Å². The van der Waals surface area contributed by atoms with Crippen LogP contribution in [0.1, 0.15) is 26.2 Å². The van der Waals surface area contributed by atoms with Crippen molar-refractivity contribution in [2.45, 2.75) is 26.2 Å². The second kappa shape index (κ2) is 4.91. The van der Waals surface area contributed by atoms with Crippen molar-refractivity contribution in [2.75, 3.05) is 0 Å². The molecule has 0 spiro atoms. The molecule has 0 aromatic heterocycles. The highest BCUT2D eigenvalue weighted by Gasteiger charge is 2.33. The third-order valence-corrected chi connectivity index (χ3v) is 2.64. The summed E-state index contributed by atoms with van der Waals surface area (Å²) in [6, 6.07) is 0. The second-order valence-corrected chi connectivity index (χ2v) is 4.09. The zero-order valence-corrected chi connectivity index (χ0v) is 8.90. The van der Waals surface area contributed by atoms with Crippen LogP contribution in [0.5, 0.6) is 0 Å². The number of carboxylic acid groups (broad SMARTS) is 1. The zero-order valence-electron chi connectivity index (χ0n) is 8.90. The van der Waals surface area contributed by atoms with Crippen molar-refractivity contribution in [3.8, 4) is 0 Å². The second-order valence-electron chi connectivity index (χ2n) is 4.09. The molecule has 0 radical (unpaired) electrons. The van der Waals surface area contributed by atoms with E-state index >= 15 is 0 Å². The van der Waals surface area contributed by atoms with Gasteiger partial charge in [-0.1, -0.05) is 24.3 Å². The van der Waals surface area contributed by atoms with Gasteiger partial charge in [-0.05, 0) is 19.8 Å². The predicted molar refractivity (Wildman–Crippen MR) is 57.4 cm³/mol. The van der Waals surface area contributed by atoms with Crippen LogP contribution < -0.4 is 0 Å². The van der Waals surface area contributed by atoms with E-state index in [2.05, 4.69) is 6.58 Å². The van der Waals surface area contributed by atoms with E-state index in [4.69, 9.17) is 5.11 Å². The molecule has 2 atom stereocenters. The van der Waals surface area contributed by atoms with E-state index in [1.165, 1.54) is 0 Å². The lowest BCUT2D eigenvalue weighted by molar-refractivity contribution is -0.146. The van der Waals surface area contributed by atoms with Crippen molar-refractivity contribution in [2.24, 2.45) is 11.8 Å². The highest BCUT2D eigenvalue weighted by molar-refractivity contribution is 5.88. The number of rotatable bonds is 4. The SMILES string of the molecule is C=C(C)CC(=O)[C@@H]1CC=CC[C@@H]1C(=O)O. The van der Waals surface area contributed by atoms with Gasteiger partial charge in [-0.3, -0.25) is 9.59 Å². The van der Waals surface area contributed by atoms with E-state index in [-0.39, 0.29) is 11.7 Å². The zero-order chi connectivity index (χ0) is 11.4. The molecule has 1 N–H and O–H groups in total. The Labute approximate surface area is 89.5 Å². The number of ketones is 1. The molecule has 0 aliphatic heterocycles. The maximum atomic E-state index is 11.8. The Kier molecular flexibility index (Phi) is 3.83. The summed E-state index contributed by atoms with van der Waals surface area (Å²) in [4.78, 5) is 22.7. The van der Waals surface area contributed by atoms with Crippen molar-refractivity contribution in [1.29, 1.82) is 0 Å². The van der Waals surface area contributed by atoms with Gasteiger partial charge in [-0.2, -0.15) is 0 Å². The number of hydrogen-bond acceptors (Lipinski definition) is 2. The van der Waals surface area contributed by atoms with E-state index in [9.17, 15) is 9.59 Å². The first-order valence-electron chi connectivity index (χ1n) is 5.07. The summed E-state index contributed by atoms with van der Waals surface area (Å²) in [5.41, 5.74) is 0.790. The first-order valence-corrected chi connectivity index (χ1v) is 5.07. The number of carbonyl (C=O) groups excluding carboxylic acids is 1. The molecule has 0 fully saturated rings. The topological polar surface area (TPSA) is 54.4 Å². The van der Waals surface area contributed by atoms with Gasteiger partial charge in [0.1, 0.15) is 5.78 Å². The van der Waals surface area contributed by atoms with Crippen LogP contribution in [0.15, 0.2) is 24.3 Å². The van der Waals surface area contributed by atoms with Gasteiger partial charge in [0.15, 0.2) is 0 Å². The number of carbonyl (C=O) groups is 2. The monoisotopic (exact) mass is 208 g/mol. The lowest BCUT2D eigenvalue weighted by atomic mass is 9.79. The van der Waals surface area contributed by atoms with Crippen molar-refractivity contribution < 1.29 is 14.7 Å². The molecular formula is C12H16O3. The van der Waals surface area contributed by atoms with Crippen molar-refractivity contribution >= 4 is 11.8 Å². The van der Waals surface area contributed by atoms with Gasteiger partial charge in [-0.15, -0.1) is 0 Å². The Bertz CT molecular complexity index is 315. The minimum Gasteiger partial charge on any atom is -0.481 e. The minimum atomic E-state index is -0.876. The summed E-state index contributed by atoms with van der Waals surface area (Å²) in [5.74, 6) is -1.80. The molecule has 0 bridgehead atoms. The van der Waals surface area contributed by atoms with Crippen LogP contribution in [0.25, 0.3) is 0 Å². The summed E-state index contributed by atoms with van der Waals surface area (Å²) < 4.78 is 0. The van der Waals surface area contributed by atoms with Gasteiger partial charge < -0.3 is 5.11 Å². The van der Waals surface area contributed by atoms with Gasteiger partial charge in [0.05, 0.1) is 5.92 Å². The van der Waals surface area contributed by atoms with Crippen LogP contribution in [-0.2, 0) is 9.59 Å². The lowest BCUT2D eigenvalue weighted by Gasteiger charge is -2.23. The number of hydrogen-bond donors (Lipinski definition) is 1. The minimum absolute atomic E-state index is 0.000694. The van der Waals surface area contributed by atoms with Gasteiger partial charge in [0, 0.05) is 12.3 Å². The molecule has 82 valence electrons. The number of aliphatic carboxylic acids is 1. The first kappa shape index (κ1) is 11.7. The predicted octanol–water partition coefficient (Wildman–Crippen LogP) is 2.19. The van der Waals surface area contributed by atoms with E-state index in [1.54, 1.807) is 6.92 Å². The molecule has 1 aliphatic rings. The third kappa shape index (κ3) is 3.05. The quantitative estimate of drug-likeness (QED) is 0.720. The molecular weight excluding hydrogens is 192 g/mol. The van der Waals surface area contributed by atoms with Crippen molar-refractivity contribution in [1.82, 2.24) is 0 Å². The molecule has 3 heteroatoms. The molecule has 3 nitrogen and oxygen atoms in total. The van der Waals surface area contributed by atoms with Gasteiger partial charge in [-0.25, -0.2) is 0 Å². The standard InChI is InChI=1S/C12H16O3/c1-8(2)7-11(13)9-5-3-4-6-10(9)12(14)15/h3-4,9-10H,1,5-7H2,2H3,(H,14,15)/t9-,10+/m1/s1. The number of carboxylic acids is 1. The van der Waals surface area contributed by atoms with E-state index in [0.29, 0.717) is 19.3 Å². The van der Waals surface area contributed by atoms with Crippen LogP contribution in [0.2, 0.25) is 0 Å². The fraction of sp³-hybridized carbons (Fsp3) is 0.500. The third-order valence-electron chi connectivity index (χ3n) is 2.64. The number of allylic oxidation sites excluding steroid dienone is 3. The normalized spacial score (nSPS) is 24.9. The van der Waals surface area contributed by atoms with Crippen LogP contribution in [0.4, 0.5) is 0 Å².